The van der Waals surface area contributed by atoms with Crippen LogP contribution in [0.2, 0.25) is 0 Å². The Labute approximate surface area is 109 Å². The fourth-order valence-electron chi connectivity index (χ4n) is 1.53. The number of nitrogens with two attached hydrogens (primary N) is 3. The summed E-state index contributed by atoms with van der Waals surface area (Å²) in [4.78, 5) is 7.28. The Morgan fingerprint density at radius 1 is 1.00 bits per heavy atom. The van der Waals surface area contributed by atoms with E-state index in [4.69, 9.17) is 17.2 Å². The maximum Gasteiger partial charge on any atom is 0.268 e. The highest BCUT2D eigenvalue weighted by atomic mass is 32.2. The van der Waals surface area contributed by atoms with Gasteiger partial charge in [-0.15, -0.1) is 0 Å². The summed E-state index contributed by atoms with van der Waals surface area (Å²) in [5, 5.41) is 0. The van der Waals surface area contributed by atoms with Crippen molar-refractivity contribution >= 4 is 33.0 Å². The van der Waals surface area contributed by atoms with Crippen LogP contribution in [0.25, 0.3) is 0 Å². The van der Waals surface area contributed by atoms with Crippen molar-refractivity contribution in [3.63, 3.8) is 0 Å². The lowest BCUT2D eigenvalue weighted by atomic mass is 10.2. The third-order valence-electron chi connectivity index (χ3n) is 2.23. The van der Waals surface area contributed by atoms with Crippen molar-refractivity contribution in [3.05, 3.63) is 30.6 Å². The fraction of sp³-hybridized carbons (Fsp3) is 0. The average molecular weight is 280 g/mol. The summed E-state index contributed by atoms with van der Waals surface area (Å²) in [6.07, 6.45) is 2.81. The van der Waals surface area contributed by atoms with E-state index in [1.54, 1.807) is 6.07 Å². The van der Waals surface area contributed by atoms with Gasteiger partial charge in [0.05, 0.1) is 11.4 Å². The molecular weight excluding hydrogens is 268 g/mol. The summed E-state index contributed by atoms with van der Waals surface area (Å²) >= 11 is 0. The minimum Gasteiger partial charge on any atom is -0.399 e. The molecule has 0 aliphatic heterocycles. The maximum absolute atomic E-state index is 12.2. The van der Waals surface area contributed by atoms with Gasteiger partial charge in [-0.25, -0.2) is 23.1 Å². The van der Waals surface area contributed by atoms with Crippen LogP contribution in [0, 0.1) is 0 Å². The zero-order chi connectivity index (χ0) is 14.0. The summed E-state index contributed by atoms with van der Waals surface area (Å²) in [5.74, 6) is -0.0712. The van der Waals surface area contributed by atoms with Gasteiger partial charge in [0, 0.05) is 18.1 Å². The molecule has 2 aromatic rings. The molecule has 7 N–H and O–H groups in total. The molecule has 0 atom stereocenters. The SMILES string of the molecule is Nc1cc(N)c(S(=O)(=O)Nc2ncccn2)c(N)c1. The number of aromatic nitrogens is 2. The highest BCUT2D eigenvalue weighted by Crippen LogP contribution is 2.29. The molecule has 9 heteroatoms. The zero-order valence-electron chi connectivity index (χ0n) is 9.74. The second-order valence-electron chi connectivity index (χ2n) is 3.71. The van der Waals surface area contributed by atoms with E-state index in [2.05, 4.69) is 14.7 Å². The Morgan fingerprint density at radius 3 is 2.05 bits per heavy atom. The summed E-state index contributed by atoms with van der Waals surface area (Å²) in [5.41, 5.74) is 17.0. The van der Waals surface area contributed by atoms with E-state index >= 15 is 0 Å². The Bertz CT molecular complexity index is 678. The van der Waals surface area contributed by atoms with Crippen LogP contribution < -0.4 is 21.9 Å². The number of nitrogens with one attached hydrogen (secondary N) is 1. The Hall–Kier alpha value is -2.55. The first kappa shape index (κ1) is 12.9. The normalized spacial score (nSPS) is 11.2. The summed E-state index contributed by atoms with van der Waals surface area (Å²) in [7, 11) is -3.97. The van der Waals surface area contributed by atoms with Crippen LogP contribution in [0.4, 0.5) is 23.0 Å². The number of sulfonamides is 1. The van der Waals surface area contributed by atoms with Gasteiger partial charge < -0.3 is 17.2 Å². The lowest BCUT2D eigenvalue weighted by Gasteiger charge is -2.11. The third kappa shape index (κ3) is 2.65. The van der Waals surface area contributed by atoms with Crippen molar-refractivity contribution in [1.29, 1.82) is 0 Å². The van der Waals surface area contributed by atoms with Crippen molar-refractivity contribution in [1.82, 2.24) is 9.97 Å². The number of benzene rings is 1. The Kier molecular flexibility index (Phi) is 3.13. The van der Waals surface area contributed by atoms with E-state index in [-0.39, 0.29) is 27.9 Å². The van der Waals surface area contributed by atoms with Crippen LogP contribution in [0.3, 0.4) is 0 Å². The molecule has 0 aliphatic carbocycles. The number of nitrogen functional groups attached to an aromatic ring is 3. The van der Waals surface area contributed by atoms with Crippen molar-refractivity contribution in [2.45, 2.75) is 4.90 Å². The minimum absolute atomic E-state index is 0.0408. The van der Waals surface area contributed by atoms with Gasteiger partial charge >= 0.3 is 0 Å². The lowest BCUT2D eigenvalue weighted by Crippen LogP contribution is -2.18. The molecule has 2 rings (SSSR count). The van der Waals surface area contributed by atoms with Crippen LogP contribution in [-0.2, 0) is 10.0 Å². The molecule has 19 heavy (non-hydrogen) atoms. The largest absolute Gasteiger partial charge is 0.399 e. The van der Waals surface area contributed by atoms with Gasteiger partial charge in [-0.3, -0.25) is 0 Å². The van der Waals surface area contributed by atoms with Gasteiger partial charge in [-0.2, -0.15) is 0 Å². The summed E-state index contributed by atoms with van der Waals surface area (Å²) in [6.45, 7) is 0. The maximum atomic E-state index is 12.2. The van der Waals surface area contributed by atoms with Crippen LogP contribution in [0.1, 0.15) is 0 Å². The topological polar surface area (TPSA) is 150 Å². The second kappa shape index (κ2) is 4.61. The van der Waals surface area contributed by atoms with Crippen LogP contribution in [-0.4, -0.2) is 18.4 Å². The van der Waals surface area contributed by atoms with Gasteiger partial charge in [0.2, 0.25) is 5.95 Å². The zero-order valence-corrected chi connectivity index (χ0v) is 10.6. The molecule has 1 heterocycles. The predicted molar refractivity (Wildman–Crippen MR) is 72.5 cm³/mol. The van der Waals surface area contributed by atoms with E-state index in [1.165, 1.54) is 24.5 Å². The smallest absolute Gasteiger partial charge is 0.268 e. The van der Waals surface area contributed by atoms with Crippen LogP contribution in [0.15, 0.2) is 35.5 Å². The van der Waals surface area contributed by atoms with Gasteiger partial charge in [-0.05, 0) is 18.2 Å². The number of rotatable bonds is 3. The molecule has 0 radical (unpaired) electrons. The second-order valence-corrected chi connectivity index (χ2v) is 5.33. The molecule has 100 valence electrons. The fourth-order valence-corrected chi connectivity index (χ4v) is 2.72. The number of anilines is 4. The molecule has 1 aromatic carbocycles. The van der Waals surface area contributed by atoms with E-state index < -0.39 is 10.0 Å². The minimum atomic E-state index is -3.97. The first-order chi connectivity index (χ1) is 8.90. The highest BCUT2D eigenvalue weighted by molar-refractivity contribution is 7.93. The van der Waals surface area contributed by atoms with E-state index in [9.17, 15) is 8.42 Å². The van der Waals surface area contributed by atoms with Gasteiger partial charge in [-0.1, -0.05) is 0 Å². The molecule has 0 saturated heterocycles. The first-order valence-corrected chi connectivity index (χ1v) is 6.63. The molecule has 0 aliphatic rings. The number of hydrogen-bond acceptors (Lipinski definition) is 7. The van der Waals surface area contributed by atoms with Crippen LogP contribution >= 0.6 is 0 Å². The molecule has 1 aromatic heterocycles. The molecule has 0 fully saturated rings. The highest BCUT2D eigenvalue weighted by Gasteiger charge is 2.22. The van der Waals surface area contributed by atoms with Crippen LogP contribution in [0.5, 0.6) is 0 Å². The van der Waals surface area contributed by atoms with E-state index in [1.807, 2.05) is 0 Å². The third-order valence-corrected chi connectivity index (χ3v) is 3.69. The van der Waals surface area contributed by atoms with Crippen molar-refractivity contribution in [3.8, 4) is 0 Å². The Morgan fingerprint density at radius 2 is 1.53 bits per heavy atom. The average Bonchev–Trinajstić information content (AvgIpc) is 2.27. The van der Waals surface area contributed by atoms with Gasteiger partial charge in [0.15, 0.2) is 0 Å². The van der Waals surface area contributed by atoms with Crippen molar-refractivity contribution in [2.75, 3.05) is 21.9 Å². The molecule has 0 amide bonds. The molecular formula is C10H12N6O2S. The van der Waals surface area contributed by atoms with E-state index in [0.717, 1.165) is 0 Å². The quantitative estimate of drug-likeness (QED) is 0.579. The van der Waals surface area contributed by atoms with Gasteiger partial charge in [0.25, 0.3) is 10.0 Å². The summed E-state index contributed by atoms with van der Waals surface area (Å²) in [6, 6.07) is 4.19. The first-order valence-electron chi connectivity index (χ1n) is 5.14. The molecule has 0 unspecified atom stereocenters. The molecule has 0 spiro atoms. The molecule has 0 bridgehead atoms. The lowest BCUT2D eigenvalue weighted by molar-refractivity contribution is 0.601. The molecule has 0 saturated carbocycles. The number of nitrogens with zero attached hydrogens (tertiary/aromatic N) is 2. The predicted octanol–water partition coefficient (Wildman–Crippen LogP) is 0.0240. The molecule has 8 nitrogen and oxygen atoms in total. The number of hydrogen-bond donors (Lipinski definition) is 4. The Balaban J connectivity index is 2.46. The monoisotopic (exact) mass is 280 g/mol. The summed E-state index contributed by atoms with van der Waals surface area (Å²) < 4.78 is 26.5. The van der Waals surface area contributed by atoms with Crippen molar-refractivity contribution in [2.24, 2.45) is 0 Å². The van der Waals surface area contributed by atoms with Crippen molar-refractivity contribution < 1.29 is 8.42 Å². The van der Waals surface area contributed by atoms with E-state index in [0.29, 0.717) is 0 Å². The standard InChI is InChI=1S/C10H12N6O2S/c11-6-4-7(12)9(8(13)5-6)19(17,18)16-10-14-2-1-3-15-10/h1-5H,11-13H2,(H,14,15,16). The van der Waals surface area contributed by atoms with Gasteiger partial charge in [0.1, 0.15) is 4.90 Å².